The Hall–Kier alpha value is -1.07. The first kappa shape index (κ1) is 15.0. The Balaban J connectivity index is 0.00000162. The summed E-state index contributed by atoms with van der Waals surface area (Å²) >= 11 is 0. The van der Waals surface area contributed by atoms with Crippen molar-refractivity contribution in [1.82, 2.24) is 5.06 Å². The van der Waals surface area contributed by atoms with E-state index in [-0.39, 0.29) is 18.2 Å². The molecule has 1 aliphatic rings. The van der Waals surface area contributed by atoms with Gasteiger partial charge in [0.2, 0.25) is 0 Å². The van der Waals surface area contributed by atoms with Gasteiger partial charge in [-0.3, -0.25) is 0 Å². The molecule has 1 aromatic rings. The number of nitrogens with zero attached hydrogens (tertiary/aromatic N) is 1. The Morgan fingerprint density at radius 2 is 1.50 bits per heavy atom. The zero-order valence-corrected chi connectivity index (χ0v) is 10.7. The summed E-state index contributed by atoms with van der Waals surface area (Å²) < 4.78 is 28.1. The van der Waals surface area contributed by atoms with Gasteiger partial charge >= 0.3 is 6.61 Å². The average Bonchev–Trinajstić information content (AvgIpc) is 2.32. The maximum Gasteiger partial charge on any atom is 0.387 e. The van der Waals surface area contributed by atoms with Crippen LogP contribution in [0.25, 0.3) is 0 Å². The largest absolute Gasteiger partial charge is 0.435 e. The van der Waals surface area contributed by atoms with E-state index >= 15 is 0 Å². The zero-order chi connectivity index (χ0) is 12.1. The van der Waals surface area contributed by atoms with Gasteiger partial charge in [0.1, 0.15) is 11.5 Å². The molecule has 3 nitrogen and oxygen atoms in total. The minimum atomic E-state index is -2.79. The molecule has 0 amide bonds. The first-order valence-electron chi connectivity index (χ1n) is 5.72. The molecule has 1 saturated heterocycles. The van der Waals surface area contributed by atoms with Crippen molar-refractivity contribution in [2.24, 2.45) is 0 Å². The standard InChI is InChI=1S/C12H15F2NO2.ClH/c13-12(14)16-10-4-6-11(7-5-10)17-15-8-2-1-3-9-15;/h4-7,12H,1-3,8-9H2;1H. The Labute approximate surface area is 111 Å². The van der Waals surface area contributed by atoms with Gasteiger partial charge in [-0.1, -0.05) is 6.42 Å². The van der Waals surface area contributed by atoms with Crippen LogP contribution in [0.3, 0.4) is 0 Å². The van der Waals surface area contributed by atoms with Gasteiger partial charge in [-0.05, 0) is 37.1 Å². The van der Waals surface area contributed by atoms with Crippen molar-refractivity contribution in [2.45, 2.75) is 25.9 Å². The first-order chi connectivity index (χ1) is 8.24. The van der Waals surface area contributed by atoms with Gasteiger partial charge in [-0.25, -0.2) is 0 Å². The average molecular weight is 280 g/mol. The number of halogens is 3. The van der Waals surface area contributed by atoms with E-state index in [9.17, 15) is 8.78 Å². The number of benzene rings is 1. The molecule has 1 aromatic carbocycles. The molecule has 18 heavy (non-hydrogen) atoms. The molecule has 1 heterocycles. The molecule has 0 spiro atoms. The molecule has 0 unspecified atom stereocenters. The van der Waals surface area contributed by atoms with Gasteiger partial charge in [-0.2, -0.15) is 8.78 Å². The Morgan fingerprint density at radius 1 is 0.944 bits per heavy atom. The third kappa shape index (κ3) is 4.66. The highest BCUT2D eigenvalue weighted by molar-refractivity contribution is 5.85. The second-order valence-corrected chi connectivity index (χ2v) is 3.93. The molecular formula is C12H16ClF2NO2. The second-order valence-electron chi connectivity index (χ2n) is 3.93. The summed E-state index contributed by atoms with van der Waals surface area (Å²) in [5.41, 5.74) is 0. The summed E-state index contributed by atoms with van der Waals surface area (Å²) in [5, 5.41) is 1.90. The minimum Gasteiger partial charge on any atom is -0.435 e. The van der Waals surface area contributed by atoms with E-state index in [4.69, 9.17) is 4.84 Å². The van der Waals surface area contributed by atoms with Crippen LogP contribution >= 0.6 is 12.4 Å². The van der Waals surface area contributed by atoms with Crippen LogP contribution in [0.5, 0.6) is 11.5 Å². The fraction of sp³-hybridized carbons (Fsp3) is 0.500. The van der Waals surface area contributed by atoms with Crippen molar-refractivity contribution in [3.8, 4) is 11.5 Å². The highest BCUT2D eigenvalue weighted by Crippen LogP contribution is 2.21. The highest BCUT2D eigenvalue weighted by atomic mass is 35.5. The minimum absolute atomic E-state index is 0. The van der Waals surface area contributed by atoms with Gasteiger partial charge in [-0.15, -0.1) is 17.5 Å². The normalized spacial score (nSPS) is 16.2. The van der Waals surface area contributed by atoms with Crippen molar-refractivity contribution in [1.29, 1.82) is 0 Å². The molecule has 0 N–H and O–H groups in total. The number of hydrogen-bond donors (Lipinski definition) is 0. The summed E-state index contributed by atoms with van der Waals surface area (Å²) in [4.78, 5) is 5.61. The summed E-state index contributed by atoms with van der Waals surface area (Å²) in [6.07, 6.45) is 3.50. The van der Waals surface area contributed by atoms with Crippen LogP contribution in [0.4, 0.5) is 8.78 Å². The fourth-order valence-electron chi connectivity index (χ4n) is 1.79. The smallest absolute Gasteiger partial charge is 0.387 e. The summed E-state index contributed by atoms with van der Waals surface area (Å²) in [7, 11) is 0. The third-order valence-corrected chi connectivity index (χ3v) is 2.60. The molecule has 102 valence electrons. The van der Waals surface area contributed by atoms with Gasteiger partial charge in [0.15, 0.2) is 0 Å². The zero-order valence-electron chi connectivity index (χ0n) is 9.85. The first-order valence-corrected chi connectivity index (χ1v) is 5.72. The maximum atomic E-state index is 11.9. The summed E-state index contributed by atoms with van der Waals surface area (Å²) in [6.45, 7) is -0.964. The van der Waals surface area contributed by atoms with Crippen molar-refractivity contribution in [2.75, 3.05) is 13.1 Å². The Bertz CT molecular complexity index is 342. The van der Waals surface area contributed by atoms with E-state index in [0.29, 0.717) is 5.75 Å². The third-order valence-electron chi connectivity index (χ3n) is 2.60. The van der Waals surface area contributed by atoms with Crippen LogP contribution in [0.1, 0.15) is 19.3 Å². The topological polar surface area (TPSA) is 21.7 Å². The Morgan fingerprint density at radius 3 is 2.06 bits per heavy atom. The van der Waals surface area contributed by atoms with Crippen LogP contribution in [0, 0.1) is 0 Å². The number of hydrogen-bond acceptors (Lipinski definition) is 3. The number of rotatable bonds is 4. The van der Waals surface area contributed by atoms with E-state index in [1.807, 2.05) is 5.06 Å². The van der Waals surface area contributed by atoms with Crippen LogP contribution in [0.15, 0.2) is 24.3 Å². The summed E-state index contributed by atoms with van der Waals surface area (Å²) in [5.74, 6) is 0.791. The van der Waals surface area contributed by atoms with Gasteiger partial charge < -0.3 is 9.57 Å². The SMILES string of the molecule is Cl.FC(F)Oc1ccc(ON2CCCCC2)cc1. The lowest BCUT2D eigenvalue weighted by Gasteiger charge is -2.26. The number of alkyl halides is 2. The molecule has 1 aliphatic heterocycles. The molecule has 1 fully saturated rings. The molecule has 0 saturated carbocycles. The molecule has 6 heteroatoms. The number of piperidine rings is 1. The van der Waals surface area contributed by atoms with Gasteiger partial charge in [0, 0.05) is 13.1 Å². The van der Waals surface area contributed by atoms with E-state index in [1.54, 1.807) is 12.1 Å². The van der Waals surface area contributed by atoms with Crippen molar-refractivity contribution < 1.29 is 18.4 Å². The van der Waals surface area contributed by atoms with Crippen LogP contribution in [0.2, 0.25) is 0 Å². The van der Waals surface area contributed by atoms with Crippen molar-refractivity contribution in [3.63, 3.8) is 0 Å². The predicted molar refractivity (Wildman–Crippen MR) is 66.4 cm³/mol. The Kier molecular flexibility index (Phi) is 6.15. The highest BCUT2D eigenvalue weighted by Gasteiger charge is 2.11. The van der Waals surface area contributed by atoms with Crippen molar-refractivity contribution in [3.05, 3.63) is 24.3 Å². The molecule has 0 aliphatic carbocycles. The van der Waals surface area contributed by atoms with Crippen LogP contribution in [-0.2, 0) is 0 Å². The van der Waals surface area contributed by atoms with Gasteiger partial charge in [0.25, 0.3) is 0 Å². The predicted octanol–water partition coefficient (Wildman–Crippen LogP) is 3.49. The van der Waals surface area contributed by atoms with Crippen LogP contribution in [-0.4, -0.2) is 24.8 Å². The molecule has 2 rings (SSSR count). The molecule has 0 aromatic heterocycles. The van der Waals surface area contributed by atoms with Gasteiger partial charge in [0.05, 0.1) is 0 Å². The summed E-state index contributed by atoms with van der Waals surface area (Å²) in [6, 6.07) is 6.22. The van der Waals surface area contributed by atoms with E-state index in [0.717, 1.165) is 25.9 Å². The lowest BCUT2D eigenvalue weighted by Crippen LogP contribution is -2.32. The number of ether oxygens (including phenoxy) is 1. The van der Waals surface area contributed by atoms with E-state index in [2.05, 4.69) is 4.74 Å². The molecular weight excluding hydrogens is 264 g/mol. The lowest BCUT2D eigenvalue weighted by atomic mass is 10.2. The fourth-order valence-corrected chi connectivity index (χ4v) is 1.79. The second kappa shape index (κ2) is 7.38. The molecule has 0 bridgehead atoms. The van der Waals surface area contributed by atoms with Crippen LogP contribution < -0.4 is 9.57 Å². The molecule has 0 radical (unpaired) electrons. The molecule has 0 atom stereocenters. The monoisotopic (exact) mass is 279 g/mol. The van der Waals surface area contributed by atoms with Crippen molar-refractivity contribution >= 4 is 12.4 Å². The number of hydroxylamine groups is 2. The quantitative estimate of drug-likeness (QED) is 0.842. The van der Waals surface area contributed by atoms with E-state index in [1.165, 1.54) is 18.6 Å². The maximum absolute atomic E-state index is 11.9. The lowest BCUT2D eigenvalue weighted by molar-refractivity contribution is -0.0723. The van der Waals surface area contributed by atoms with E-state index < -0.39 is 6.61 Å².